The van der Waals surface area contributed by atoms with E-state index in [-0.39, 0.29) is 30.0 Å². The monoisotopic (exact) mass is 308 g/mol. The van der Waals surface area contributed by atoms with Crippen LogP contribution in [0.1, 0.15) is 18.4 Å². The molecule has 6 heteroatoms. The number of nitrogens with one attached hydrogen (secondary N) is 1. The molecule has 1 amide bonds. The smallest absolute Gasteiger partial charge is 0.308 e. The number of methoxy groups -OCH3 is 1. The molecule has 0 unspecified atom stereocenters. The molecule has 1 aliphatic rings. The van der Waals surface area contributed by atoms with Crippen molar-refractivity contribution in [3.8, 4) is 0 Å². The Morgan fingerprint density at radius 3 is 2.64 bits per heavy atom. The standard InChI is InChI=1S/C16H21FN2O3/c1-11-3-4-14(13(17)9-11)18-15(20)10-19-7-5-12(6-8-19)16(21)22-2/h3-4,9,12H,5-8,10H2,1-2H3,(H,18,20). The Balaban J connectivity index is 1.82. The minimum absolute atomic E-state index is 0.0844. The number of hydrogen-bond donors (Lipinski definition) is 1. The summed E-state index contributed by atoms with van der Waals surface area (Å²) in [5, 5.41) is 2.58. The van der Waals surface area contributed by atoms with Gasteiger partial charge in [0.1, 0.15) is 5.82 Å². The van der Waals surface area contributed by atoms with Crippen LogP contribution in [0.15, 0.2) is 18.2 Å². The van der Waals surface area contributed by atoms with E-state index in [0.29, 0.717) is 25.9 Å². The number of amides is 1. The van der Waals surface area contributed by atoms with Gasteiger partial charge in [-0.2, -0.15) is 0 Å². The van der Waals surface area contributed by atoms with Crippen LogP contribution in [0.25, 0.3) is 0 Å². The quantitative estimate of drug-likeness (QED) is 0.864. The van der Waals surface area contributed by atoms with Crippen molar-refractivity contribution in [1.82, 2.24) is 4.90 Å². The summed E-state index contributed by atoms with van der Waals surface area (Å²) in [6.45, 7) is 3.30. The molecule has 1 aromatic carbocycles. The number of carbonyl (C=O) groups is 2. The zero-order valence-corrected chi connectivity index (χ0v) is 12.9. The predicted octanol–water partition coefficient (Wildman–Crippen LogP) is 1.96. The first kappa shape index (κ1) is 16.4. The van der Waals surface area contributed by atoms with Crippen LogP contribution in [0.2, 0.25) is 0 Å². The van der Waals surface area contributed by atoms with Crippen molar-refractivity contribution in [2.24, 2.45) is 5.92 Å². The Hall–Kier alpha value is -1.95. The van der Waals surface area contributed by atoms with E-state index in [1.165, 1.54) is 13.2 Å². The molecule has 1 aliphatic heterocycles. The normalized spacial score (nSPS) is 16.3. The van der Waals surface area contributed by atoms with Gasteiger partial charge in [-0.3, -0.25) is 14.5 Å². The minimum Gasteiger partial charge on any atom is -0.469 e. The molecule has 0 saturated carbocycles. The van der Waals surface area contributed by atoms with E-state index in [1.807, 2.05) is 4.90 Å². The van der Waals surface area contributed by atoms with E-state index in [9.17, 15) is 14.0 Å². The molecule has 0 spiro atoms. The van der Waals surface area contributed by atoms with E-state index in [1.54, 1.807) is 19.1 Å². The molecule has 1 fully saturated rings. The molecular formula is C16H21FN2O3. The van der Waals surface area contributed by atoms with Crippen LogP contribution in [-0.4, -0.2) is 43.5 Å². The van der Waals surface area contributed by atoms with Gasteiger partial charge < -0.3 is 10.1 Å². The highest BCUT2D eigenvalue weighted by Gasteiger charge is 2.26. The van der Waals surface area contributed by atoms with Gasteiger partial charge >= 0.3 is 5.97 Å². The van der Waals surface area contributed by atoms with E-state index >= 15 is 0 Å². The number of carbonyl (C=O) groups excluding carboxylic acids is 2. The first-order valence-corrected chi connectivity index (χ1v) is 7.36. The Bertz CT molecular complexity index is 554. The second-order valence-electron chi connectivity index (χ2n) is 5.61. The minimum atomic E-state index is -0.433. The van der Waals surface area contributed by atoms with Crippen LogP contribution in [0, 0.1) is 18.7 Å². The molecule has 0 bridgehead atoms. The summed E-state index contributed by atoms with van der Waals surface area (Å²) in [5.74, 6) is -0.957. The third kappa shape index (κ3) is 4.27. The lowest BCUT2D eigenvalue weighted by Crippen LogP contribution is -2.41. The van der Waals surface area contributed by atoms with Crippen molar-refractivity contribution < 1.29 is 18.7 Å². The summed E-state index contributed by atoms with van der Waals surface area (Å²) in [4.78, 5) is 25.4. The van der Waals surface area contributed by atoms with Crippen LogP contribution in [-0.2, 0) is 14.3 Å². The first-order valence-electron chi connectivity index (χ1n) is 7.36. The van der Waals surface area contributed by atoms with Crippen molar-refractivity contribution in [1.29, 1.82) is 0 Å². The van der Waals surface area contributed by atoms with Gasteiger partial charge in [0.05, 0.1) is 25.3 Å². The number of likely N-dealkylation sites (tertiary alicyclic amines) is 1. The fourth-order valence-corrected chi connectivity index (χ4v) is 2.61. The van der Waals surface area contributed by atoms with E-state index in [4.69, 9.17) is 4.74 Å². The second kappa shape index (κ2) is 7.35. The zero-order chi connectivity index (χ0) is 16.1. The molecular weight excluding hydrogens is 287 g/mol. The maximum atomic E-state index is 13.7. The summed E-state index contributed by atoms with van der Waals surface area (Å²) in [6, 6.07) is 4.70. The lowest BCUT2D eigenvalue weighted by atomic mass is 9.97. The third-order valence-electron chi connectivity index (χ3n) is 3.89. The van der Waals surface area contributed by atoms with Crippen molar-refractivity contribution in [2.75, 3.05) is 32.1 Å². The number of hydrogen-bond acceptors (Lipinski definition) is 4. The highest BCUT2D eigenvalue weighted by atomic mass is 19.1. The van der Waals surface area contributed by atoms with Gasteiger partial charge in [-0.1, -0.05) is 6.07 Å². The van der Waals surface area contributed by atoms with Crippen molar-refractivity contribution in [3.63, 3.8) is 0 Å². The largest absolute Gasteiger partial charge is 0.469 e. The molecule has 0 aromatic heterocycles. The van der Waals surface area contributed by atoms with Gasteiger partial charge in [0.2, 0.25) is 5.91 Å². The lowest BCUT2D eigenvalue weighted by Gasteiger charge is -2.29. The average Bonchev–Trinajstić information content (AvgIpc) is 2.50. The van der Waals surface area contributed by atoms with Gasteiger partial charge in [-0.15, -0.1) is 0 Å². The van der Waals surface area contributed by atoms with E-state index < -0.39 is 5.82 Å². The van der Waals surface area contributed by atoms with Gasteiger partial charge in [0.15, 0.2) is 0 Å². The third-order valence-corrected chi connectivity index (χ3v) is 3.89. The van der Waals surface area contributed by atoms with Crippen molar-refractivity contribution >= 4 is 17.6 Å². The maximum Gasteiger partial charge on any atom is 0.308 e. The molecule has 1 aromatic rings. The molecule has 2 rings (SSSR count). The molecule has 0 aliphatic carbocycles. The van der Waals surface area contributed by atoms with Crippen molar-refractivity contribution in [3.05, 3.63) is 29.6 Å². The van der Waals surface area contributed by atoms with E-state index in [2.05, 4.69) is 5.32 Å². The Morgan fingerprint density at radius 2 is 2.05 bits per heavy atom. The summed E-state index contributed by atoms with van der Waals surface area (Å²) < 4.78 is 18.4. The van der Waals surface area contributed by atoms with Crippen LogP contribution < -0.4 is 5.32 Å². The summed E-state index contributed by atoms with van der Waals surface area (Å²) in [6.07, 6.45) is 1.36. The van der Waals surface area contributed by atoms with Gasteiger partial charge in [0, 0.05) is 0 Å². The number of rotatable bonds is 4. The number of nitrogens with zero attached hydrogens (tertiary/aromatic N) is 1. The lowest BCUT2D eigenvalue weighted by molar-refractivity contribution is -0.147. The Kier molecular flexibility index (Phi) is 5.49. The summed E-state index contributed by atoms with van der Waals surface area (Å²) in [5.41, 5.74) is 1.00. The SMILES string of the molecule is COC(=O)C1CCN(CC(=O)Nc2ccc(C)cc2F)CC1. The van der Waals surface area contributed by atoms with Crippen molar-refractivity contribution in [2.45, 2.75) is 19.8 Å². The van der Waals surface area contributed by atoms with Crippen LogP contribution in [0.3, 0.4) is 0 Å². The van der Waals surface area contributed by atoms with Crippen LogP contribution >= 0.6 is 0 Å². The summed E-state index contributed by atoms with van der Waals surface area (Å²) in [7, 11) is 1.39. The first-order chi connectivity index (χ1) is 10.5. The van der Waals surface area contributed by atoms with Gasteiger partial charge in [0.25, 0.3) is 0 Å². The molecule has 5 nitrogen and oxygen atoms in total. The average molecular weight is 308 g/mol. The molecule has 22 heavy (non-hydrogen) atoms. The number of benzene rings is 1. The fraction of sp³-hybridized carbons (Fsp3) is 0.500. The van der Waals surface area contributed by atoms with Crippen LogP contribution in [0.5, 0.6) is 0 Å². The van der Waals surface area contributed by atoms with Crippen LogP contribution in [0.4, 0.5) is 10.1 Å². The van der Waals surface area contributed by atoms with Gasteiger partial charge in [-0.05, 0) is 50.6 Å². The molecule has 0 atom stereocenters. The number of esters is 1. The highest BCUT2D eigenvalue weighted by molar-refractivity contribution is 5.92. The number of piperidine rings is 1. The molecule has 120 valence electrons. The number of ether oxygens (including phenoxy) is 1. The predicted molar refractivity (Wildman–Crippen MR) is 80.9 cm³/mol. The second-order valence-corrected chi connectivity index (χ2v) is 5.61. The maximum absolute atomic E-state index is 13.7. The molecule has 1 heterocycles. The number of aryl methyl sites for hydroxylation is 1. The Morgan fingerprint density at radius 1 is 1.36 bits per heavy atom. The zero-order valence-electron chi connectivity index (χ0n) is 12.9. The number of halogens is 1. The number of anilines is 1. The van der Waals surface area contributed by atoms with E-state index in [0.717, 1.165) is 5.56 Å². The molecule has 0 radical (unpaired) electrons. The molecule has 1 N–H and O–H groups in total. The highest BCUT2D eigenvalue weighted by Crippen LogP contribution is 2.19. The topological polar surface area (TPSA) is 58.6 Å². The molecule has 1 saturated heterocycles. The fourth-order valence-electron chi connectivity index (χ4n) is 2.61. The summed E-state index contributed by atoms with van der Waals surface area (Å²) >= 11 is 0. The Labute approximate surface area is 129 Å². The van der Waals surface area contributed by atoms with Gasteiger partial charge in [-0.25, -0.2) is 4.39 Å².